The summed E-state index contributed by atoms with van der Waals surface area (Å²) in [6.07, 6.45) is 2.83. The van der Waals surface area contributed by atoms with Gasteiger partial charge in [0.05, 0.1) is 14.2 Å². The largest absolute Gasteiger partial charge is 0.497 e. The van der Waals surface area contributed by atoms with Crippen molar-refractivity contribution in [2.75, 3.05) is 14.2 Å². The third-order valence-electron chi connectivity index (χ3n) is 3.54. The van der Waals surface area contributed by atoms with Crippen LogP contribution in [0.25, 0.3) is 0 Å². The molecule has 1 aromatic rings. The highest BCUT2D eigenvalue weighted by atomic mass is 16.5. The lowest BCUT2D eigenvalue weighted by molar-refractivity contribution is 0.0912. The topological polar surface area (TPSA) is 61.5 Å². The Morgan fingerprint density at radius 3 is 2.22 bits per heavy atom. The van der Waals surface area contributed by atoms with Crippen LogP contribution in [0.15, 0.2) is 18.2 Å². The summed E-state index contributed by atoms with van der Waals surface area (Å²) in [5.41, 5.74) is 6.59. The fraction of sp³-hybridized carbons (Fsp3) is 0.500. The van der Waals surface area contributed by atoms with E-state index >= 15 is 0 Å². The van der Waals surface area contributed by atoms with Gasteiger partial charge in [-0.3, -0.25) is 4.79 Å². The number of hydrogen-bond donors (Lipinski definition) is 1. The van der Waals surface area contributed by atoms with Crippen LogP contribution in [-0.2, 0) is 0 Å². The molecule has 0 amide bonds. The Balaban J connectivity index is 2.29. The Morgan fingerprint density at radius 2 is 1.78 bits per heavy atom. The minimum Gasteiger partial charge on any atom is -0.497 e. The lowest BCUT2D eigenvalue weighted by Gasteiger charge is -2.15. The minimum atomic E-state index is -0.0678. The molecule has 1 aliphatic rings. The minimum absolute atomic E-state index is 0.0188. The Bertz CT molecular complexity index is 422. The fourth-order valence-corrected chi connectivity index (χ4v) is 2.48. The number of nitrogens with two attached hydrogens (primary N) is 1. The third kappa shape index (κ3) is 2.48. The van der Waals surface area contributed by atoms with E-state index in [2.05, 4.69) is 0 Å². The Labute approximate surface area is 107 Å². The normalized spacial score (nSPS) is 22.8. The summed E-state index contributed by atoms with van der Waals surface area (Å²) in [6.45, 7) is 0. The number of benzene rings is 1. The van der Waals surface area contributed by atoms with Gasteiger partial charge in [-0.25, -0.2) is 0 Å². The second-order valence-corrected chi connectivity index (χ2v) is 4.67. The summed E-state index contributed by atoms with van der Waals surface area (Å²) < 4.78 is 10.3. The van der Waals surface area contributed by atoms with Gasteiger partial charge in [0, 0.05) is 23.6 Å². The van der Waals surface area contributed by atoms with E-state index in [0.29, 0.717) is 17.1 Å². The molecule has 98 valence electrons. The van der Waals surface area contributed by atoms with Crippen molar-refractivity contribution in [3.8, 4) is 11.5 Å². The van der Waals surface area contributed by atoms with Gasteiger partial charge in [-0.2, -0.15) is 0 Å². The summed E-state index contributed by atoms with van der Waals surface area (Å²) in [7, 11) is 3.15. The Hall–Kier alpha value is -1.55. The zero-order chi connectivity index (χ0) is 13.1. The molecule has 0 heterocycles. The van der Waals surface area contributed by atoms with Gasteiger partial charge in [0.15, 0.2) is 5.78 Å². The molecule has 0 aliphatic heterocycles. The Morgan fingerprint density at radius 1 is 1.17 bits per heavy atom. The lowest BCUT2D eigenvalue weighted by atomic mass is 9.93. The highest BCUT2D eigenvalue weighted by Gasteiger charge is 2.31. The molecule has 1 aromatic carbocycles. The van der Waals surface area contributed by atoms with Crippen molar-refractivity contribution in [3.63, 3.8) is 0 Å². The molecule has 0 bridgehead atoms. The molecule has 2 unspecified atom stereocenters. The van der Waals surface area contributed by atoms with Gasteiger partial charge < -0.3 is 15.2 Å². The van der Waals surface area contributed by atoms with Crippen LogP contribution < -0.4 is 15.2 Å². The second kappa shape index (κ2) is 5.40. The van der Waals surface area contributed by atoms with Gasteiger partial charge in [0.25, 0.3) is 0 Å². The van der Waals surface area contributed by atoms with Crippen molar-refractivity contribution in [2.24, 2.45) is 11.7 Å². The molecule has 4 nitrogen and oxygen atoms in total. The maximum Gasteiger partial charge on any atom is 0.167 e. The van der Waals surface area contributed by atoms with E-state index < -0.39 is 0 Å². The summed E-state index contributed by atoms with van der Waals surface area (Å²) in [5.74, 6) is 1.28. The van der Waals surface area contributed by atoms with Crippen LogP contribution in [0.2, 0.25) is 0 Å². The predicted octanol–water partition coefficient (Wildman–Crippen LogP) is 2.01. The van der Waals surface area contributed by atoms with Crippen LogP contribution in [-0.4, -0.2) is 26.0 Å². The van der Waals surface area contributed by atoms with Gasteiger partial charge in [-0.1, -0.05) is 6.42 Å². The molecule has 1 saturated carbocycles. The van der Waals surface area contributed by atoms with E-state index in [0.717, 1.165) is 19.3 Å². The molecule has 2 atom stereocenters. The van der Waals surface area contributed by atoms with E-state index in [1.165, 1.54) is 0 Å². The van der Waals surface area contributed by atoms with Crippen molar-refractivity contribution in [3.05, 3.63) is 23.8 Å². The van der Waals surface area contributed by atoms with Crippen molar-refractivity contribution >= 4 is 5.78 Å². The number of Topliss-reactive ketones (excluding diaryl/α,β-unsaturated/α-hetero) is 1. The van der Waals surface area contributed by atoms with E-state index in [-0.39, 0.29) is 17.7 Å². The molecule has 1 aliphatic carbocycles. The average Bonchev–Trinajstić information content (AvgIpc) is 2.83. The highest BCUT2D eigenvalue weighted by molar-refractivity contribution is 5.99. The first-order valence-electron chi connectivity index (χ1n) is 6.18. The first kappa shape index (κ1) is 12.9. The van der Waals surface area contributed by atoms with Gasteiger partial charge in [0.1, 0.15) is 11.5 Å². The van der Waals surface area contributed by atoms with Crippen molar-refractivity contribution in [2.45, 2.75) is 25.3 Å². The van der Waals surface area contributed by atoms with Crippen molar-refractivity contribution < 1.29 is 14.3 Å². The predicted molar refractivity (Wildman–Crippen MR) is 69.2 cm³/mol. The number of rotatable bonds is 4. The molecule has 0 spiro atoms. The van der Waals surface area contributed by atoms with Gasteiger partial charge >= 0.3 is 0 Å². The molecule has 1 fully saturated rings. The zero-order valence-corrected chi connectivity index (χ0v) is 10.8. The summed E-state index contributed by atoms with van der Waals surface area (Å²) in [6, 6.07) is 5.23. The number of ether oxygens (including phenoxy) is 2. The number of methoxy groups -OCH3 is 2. The molecular weight excluding hydrogens is 230 g/mol. The number of carbonyl (C=O) groups excluding carboxylic acids is 1. The van der Waals surface area contributed by atoms with Crippen LogP contribution in [0.4, 0.5) is 0 Å². The van der Waals surface area contributed by atoms with E-state index in [1.54, 1.807) is 32.4 Å². The summed E-state index contributed by atoms with van der Waals surface area (Å²) in [4.78, 5) is 12.4. The van der Waals surface area contributed by atoms with Gasteiger partial charge in [-0.05, 0) is 25.0 Å². The Kier molecular flexibility index (Phi) is 3.87. The molecule has 2 N–H and O–H groups in total. The third-order valence-corrected chi connectivity index (χ3v) is 3.54. The SMILES string of the molecule is COc1cc(OC)cc(C(=O)C2CCCC2N)c1. The van der Waals surface area contributed by atoms with Crippen LogP contribution in [0.1, 0.15) is 29.6 Å². The fourth-order valence-electron chi connectivity index (χ4n) is 2.48. The monoisotopic (exact) mass is 249 g/mol. The number of carbonyl (C=O) groups is 1. The van der Waals surface area contributed by atoms with E-state index in [4.69, 9.17) is 15.2 Å². The van der Waals surface area contributed by atoms with Crippen molar-refractivity contribution in [1.82, 2.24) is 0 Å². The van der Waals surface area contributed by atoms with E-state index in [9.17, 15) is 4.79 Å². The standard InChI is InChI=1S/C14H19NO3/c1-17-10-6-9(7-11(8-10)18-2)14(16)12-4-3-5-13(12)15/h6-8,12-13H,3-5,15H2,1-2H3. The van der Waals surface area contributed by atoms with Gasteiger partial charge in [0.2, 0.25) is 0 Å². The first-order chi connectivity index (χ1) is 8.65. The van der Waals surface area contributed by atoms with Crippen LogP contribution in [0, 0.1) is 5.92 Å². The maximum absolute atomic E-state index is 12.4. The number of hydrogen-bond acceptors (Lipinski definition) is 4. The molecular formula is C14H19NO3. The first-order valence-corrected chi connectivity index (χ1v) is 6.18. The summed E-state index contributed by atoms with van der Waals surface area (Å²) in [5, 5.41) is 0. The maximum atomic E-state index is 12.4. The summed E-state index contributed by atoms with van der Waals surface area (Å²) >= 11 is 0. The van der Waals surface area contributed by atoms with Crippen LogP contribution in [0.3, 0.4) is 0 Å². The molecule has 4 heteroatoms. The molecule has 0 radical (unpaired) electrons. The second-order valence-electron chi connectivity index (χ2n) is 4.67. The highest BCUT2D eigenvalue weighted by Crippen LogP contribution is 2.30. The average molecular weight is 249 g/mol. The van der Waals surface area contributed by atoms with Crippen LogP contribution >= 0.6 is 0 Å². The molecule has 0 aromatic heterocycles. The molecule has 0 saturated heterocycles. The number of ketones is 1. The van der Waals surface area contributed by atoms with Crippen LogP contribution in [0.5, 0.6) is 11.5 Å². The quantitative estimate of drug-likeness (QED) is 0.829. The molecule has 2 rings (SSSR count). The van der Waals surface area contributed by atoms with Gasteiger partial charge in [-0.15, -0.1) is 0 Å². The van der Waals surface area contributed by atoms with Crippen molar-refractivity contribution in [1.29, 1.82) is 0 Å². The lowest BCUT2D eigenvalue weighted by Crippen LogP contribution is -2.30. The van der Waals surface area contributed by atoms with E-state index in [1.807, 2.05) is 0 Å². The zero-order valence-electron chi connectivity index (χ0n) is 10.8. The molecule has 18 heavy (non-hydrogen) atoms. The smallest absolute Gasteiger partial charge is 0.167 e.